The van der Waals surface area contributed by atoms with E-state index in [2.05, 4.69) is 30.4 Å². The van der Waals surface area contributed by atoms with Crippen LogP contribution in [0, 0.1) is 5.41 Å². The molecule has 0 radical (unpaired) electrons. The van der Waals surface area contributed by atoms with Crippen LogP contribution in [0.5, 0.6) is 0 Å². The third-order valence-corrected chi connectivity index (χ3v) is 7.53. The third-order valence-electron chi connectivity index (χ3n) is 7.23. The molecule has 1 aromatic rings. The van der Waals surface area contributed by atoms with Gasteiger partial charge in [-0.05, 0) is 81.3 Å². The highest BCUT2D eigenvalue weighted by Gasteiger charge is 2.67. The highest BCUT2D eigenvalue weighted by atomic mass is 32.1. The summed E-state index contributed by atoms with van der Waals surface area (Å²) in [6.45, 7) is 6.29. The van der Waals surface area contributed by atoms with Crippen LogP contribution in [-0.4, -0.2) is 35.2 Å². The Kier molecular flexibility index (Phi) is 5.03. The standard InChI is InChI=1S/C23H32N2O2S/c1-5-6-16-7-8-17-14-22(11-9-18(27-4)10-12-22)23(19(17)13-16)20(26)25(15(2)3)21(28)24-23/h7-8,13,15,18H,5-6,9-12,14H2,1-4H3,(H,24,28). The number of carbonyl (C=O) groups excluding carboxylic acids is 1. The number of benzene rings is 1. The molecule has 28 heavy (non-hydrogen) atoms. The van der Waals surface area contributed by atoms with Gasteiger partial charge in [0.25, 0.3) is 5.91 Å². The minimum absolute atomic E-state index is 0.0575. The molecule has 1 atom stereocenters. The Bertz CT molecular complexity index is 798. The first-order valence-corrected chi connectivity index (χ1v) is 11.1. The average Bonchev–Trinajstić information content (AvgIpc) is 3.09. The van der Waals surface area contributed by atoms with Crippen LogP contribution in [0.3, 0.4) is 0 Å². The van der Waals surface area contributed by atoms with Gasteiger partial charge in [0, 0.05) is 18.6 Å². The van der Waals surface area contributed by atoms with Crippen LogP contribution in [0.15, 0.2) is 18.2 Å². The van der Waals surface area contributed by atoms with Gasteiger partial charge in [-0.15, -0.1) is 0 Å². The molecule has 0 aromatic heterocycles. The smallest absolute Gasteiger partial charge is 0.259 e. The summed E-state index contributed by atoms with van der Waals surface area (Å²) in [5.41, 5.74) is 2.95. The number of thiocarbonyl (C=S) groups is 1. The van der Waals surface area contributed by atoms with Gasteiger partial charge in [-0.3, -0.25) is 9.69 Å². The van der Waals surface area contributed by atoms with Crippen LogP contribution in [0.2, 0.25) is 0 Å². The lowest BCUT2D eigenvalue weighted by Gasteiger charge is -2.46. The maximum Gasteiger partial charge on any atom is 0.259 e. The molecular weight excluding hydrogens is 368 g/mol. The first-order valence-electron chi connectivity index (χ1n) is 10.7. The van der Waals surface area contributed by atoms with Gasteiger partial charge in [-0.2, -0.15) is 0 Å². The summed E-state index contributed by atoms with van der Waals surface area (Å²) in [6, 6.07) is 6.85. The topological polar surface area (TPSA) is 41.6 Å². The van der Waals surface area contributed by atoms with Crippen molar-refractivity contribution in [2.75, 3.05) is 7.11 Å². The lowest BCUT2D eigenvalue weighted by Crippen LogP contribution is -2.57. The van der Waals surface area contributed by atoms with Crippen molar-refractivity contribution in [1.29, 1.82) is 0 Å². The second-order valence-electron chi connectivity index (χ2n) is 9.08. The zero-order valence-corrected chi connectivity index (χ0v) is 18.3. The molecule has 1 N–H and O–H groups in total. The first kappa shape index (κ1) is 19.8. The predicted molar refractivity (Wildman–Crippen MR) is 115 cm³/mol. The number of nitrogens with zero attached hydrogens (tertiary/aromatic N) is 1. The van der Waals surface area contributed by atoms with Gasteiger partial charge in [-0.1, -0.05) is 31.5 Å². The summed E-state index contributed by atoms with van der Waals surface area (Å²) in [4.78, 5) is 15.8. The van der Waals surface area contributed by atoms with E-state index in [1.807, 2.05) is 13.8 Å². The highest BCUT2D eigenvalue weighted by Crippen LogP contribution is 2.60. The number of carbonyl (C=O) groups is 1. The third kappa shape index (κ3) is 2.66. The first-order chi connectivity index (χ1) is 13.4. The van der Waals surface area contributed by atoms with Gasteiger partial charge >= 0.3 is 0 Å². The quantitative estimate of drug-likeness (QED) is 0.773. The number of hydrogen-bond acceptors (Lipinski definition) is 3. The molecule has 1 unspecified atom stereocenters. The largest absolute Gasteiger partial charge is 0.381 e. The summed E-state index contributed by atoms with van der Waals surface area (Å²) in [7, 11) is 1.80. The molecule has 152 valence electrons. The Balaban J connectivity index is 1.85. The van der Waals surface area contributed by atoms with Crippen molar-refractivity contribution in [3.05, 3.63) is 34.9 Å². The number of methoxy groups -OCH3 is 1. The second kappa shape index (κ2) is 7.10. The van der Waals surface area contributed by atoms with Crippen LogP contribution >= 0.6 is 12.2 Å². The lowest BCUT2D eigenvalue weighted by molar-refractivity contribution is -0.139. The van der Waals surface area contributed by atoms with Crippen LogP contribution in [0.4, 0.5) is 0 Å². The van der Waals surface area contributed by atoms with Crippen molar-refractivity contribution in [2.24, 2.45) is 5.41 Å². The Hall–Kier alpha value is -1.46. The molecule has 1 amide bonds. The fourth-order valence-corrected chi connectivity index (χ4v) is 6.29. The van der Waals surface area contributed by atoms with E-state index in [0.29, 0.717) is 11.2 Å². The number of nitrogens with one attached hydrogen (secondary N) is 1. The molecule has 1 heterocycles. The fourth-order valence-electron chi connectivity index (χ4n) is 5.84. The molecule has 1 aliphatic heterocycles. The van der Waals surface area contributed by atoms with Crippen molar-refractivity contribution in [1.82, 2.24) is 10.2 Å². The van der Waals surface area contributed by atoms with E-state index in [0.717, 1.165) is 44.9 Å². The van der Waals surface area contributed by atoms with Gasteiger partial charge < -0.3 is 10.1 Å². The number of ether oxygens (including phenoxy) is 1. The number of hydrogen-bond donors (Lipinski definition) is 1. The molecule has 5 heteroatoms. The summed E-state index contributed by atoms with van der Waals surface area (Å²) in [5.74, 6) is 0.149. The summed E-state index contributed by atoms with van der Waals surface area (Å²) >= 11 is 5.68. The van der Waals surface area contributed by atoms with Crippen LogP contribution < -0.4 is 5.32 Å². The fraction of sp³-hybridized carbons (Fsp3) is 0.652. The Morgan fingerprint density at radius 3 is 2.61 bits per heavy atom. The van der Waals surface area contributed by atoms with Gasteiger partial charge in [0.15, 0.2) is 10.7 Å². The molecule has 4 nitrogen and oxygen atoms in total. The molecule has 3 aliphatic rings. The van der Waals surface area contributed by atoms with Crippen molar-refractivity contribution in [3.8, 4) is 0 Å². The zero-order chi connectivity index (χ0) is 20.1. The molecule has 2 aliphatic carbocycles. The normalized spacial score (nSPS) is 31.9. The molecule has 0 bridgehead atoms. The minimum Gasteiger partial charge on any atom is -0.381 e. The van der Waals surface area contributed by atoms with E-state index in [1.54, 1.807) is 12.0 Å². The molecular formula is C23H32N2O2S. The van der Waals surface area contributed by atoms with E-state index in [9.17, 15) is 4.79 Å². The van der Waals surface area contributed by atoms with Gasteiger partial charge in [-0.25, -0.2) is 0 Å². The number of aryl methyl sites for hydroxylation is 1. The second-order valence-corrected chi connectivity index (χ2v) is 9.47. The van der Waals surface area contributed by atoms with E-state index in [4.69, 9.17) is 17.0 Å². The molecule has 2 spiro atoms. The number of rotatable bonds is 4. The van der Waals surface area contributed by atoms with Crippen molar-refractivity contribution < 1.29 is 9.53 Å². The van der Waals surface area contributed by atoms with Crippen LogP contribution in [0.25, 0.3) is 0 Å². The molecule has 1 saturated carbocycles. The van der Waals surface area contributed by atoms with Gasteiger partial charge in [0.1, 0.15) is 0 Å². The molecule has 1 aromatic carbocycles. The summed E-state index contributed by atoms with van der Waals surface area (Å²) in [5, 5.41) is 4.18. The van der Waals surface area contributed by atoms with E-state index in [1.165, 1.54) is 16.7 Å². The Morgan fingerprint density at radius 1 is 1.32 bits per heavy atom. The predicted octanol–water partition coefficient (Wildman–Crippen LogP) is 4.09. The van der Waals surface area contributed by atoms with E-state index >= 15 is 0 Å². The van der Waals surface area contributed by atoms with Gasteiger partial charge in [0.05, 0.1) is 6.10 Å². The van der Waals surface area contributed by atoms with Crippen LogP contribution in [-0.2, 0) is 27.9 Å². The average molecular weight is 401 g/mol. The Morgan fingerprint density at radius 2 is 2.04 bits per heavy atom. The summed E-state index contributed by atoms with van der Waals surface area (Å²) in [6.07, 6.45) is 7.34. The lowest BCUT2D eigenvalue weighted by atomic mass is 9.61. The van der Waals surface area contributed by atoms with Crippen LogP contribution in [0.1, 0.15) is 69.6 Å². The maximum absolute atomic E-state index is 14.0. The Labute approximate surface area is 174 Å². The van der Waals surface area contributed by atoms with E-state index < -0.39 is 5.54 Å². The molecule has 2 fully saturated rings. The van der Waals surface area contributed by atoms with Crippen molar-refractivity contribution in [3.63, 3.8) is 0 Å². The number of fused-ring (bicyclic) bond motifs is 3. The SMILES string of the molecule is CCCc1ccc2c(c1)C1(NC(=S)N(C(C)C)C1=O)C1(CCC(OC)CC1)C2. The maximum atomic E-state index is 14.0. The van der Waals surface area contributed by atoms with Crippen molar-refractivity contribution in [2.45, 2.75) is 83.4 Å². The zero-order valence-electron chi connectivity index (χ0n) is 17.5. The van der Waals surface area contributed by atoms with Gasteiger partial charge in [0.2, 0.25) is 0 Å². The monoisotopic (exact) mass is 400 g/mol. The highest BCUT2D eigenvalue weighted by molar-refractivity contribution is 7.80. The number of amides is 1. The minimum atomic E-state index is -0.716. The molecule has 4 rings (SSSR count). The molecule has 1 saturated heterocycles. The van der Waals surface area contributed by atoms with E-state index in [-0.39, 0.29) is 17.4 Å². The van der Waals surface area contributed by atoms with Crippen molar-refractivity contribution >= 4 is 23.2 Å². The summed E-state index contributed by atoms with van der Waals surface area (Å²) < 4.78 is 5.64.